The first-order valence-electron chi connectivity index (χ1n) is 4.22. The summed E-state index contributed by atoms with van der Waals surface area (Å²) in [5, 5.41) is 20.3. The van der Waals surface area contributed by atoms with Crippen LogP contribution in [0, 0.1) is 6.92 Å². The van der Waals surface area contributed by atoms with Crippen molar-refractivity contribution in [3.05, 3.63) is 22.2 Å². The summed E-state index contributed by atoms with van der Waals surface area (Å²) in [6.07, 6.45) is -0.851. The van der Waals surface area contributed by atoms with E-state index in [2.05, 4.69) is 15.3 Å². The maximum Gasteiger partial charge on any atom is 0.252 e. The van der Waals surface area contributed by atoms with Gasteiger partial charge in [-0.05, 0) is 6.92 Å². The smallest absolute Gasteiger partial charge is 0.252 e. The Labute approximate surface area is 80.6 Å². The molecule has 1 atom stereocenters. The Hall–Kier alpha value is -1.40. The van der Waals surface area contributed by atoms with Gasteiger partial charge in [0.05, 0.1) is 12.7 Å². The molecule has 4 N–H and O–H groups in total. The summed E-state index contributed by atoms with van der Waals surface area (Å²) < 4.78 is 0. The number of nitrogens with zero attached hydrogens (tertiary/aromatic N) is 1. The minimum absolute atomic E-state index is 0.159. The second-order valence-electron chi connectivity index (χ2n) is 2.93. The summed E-state index contributed by atoms with van der Waals surface area (Å²) in [5.41, 5.74) is -0.251. The summed E-state index contributed by atoms with van der Waals surface area (Å²) in [7, 11) is 0. The predicted octanol–water partition coefficient (Wildman–Crippen LogP) is -1.16. The molecular formula is C8H13N3O3. The number of aryl methyl sites for hydroxylation is 1. The zero-order chi connectivity index (χ0) is 10.6. The van der Waals surface area contributed by atoms with Gasteiger partial charge in [0.1, 0.15) is 11.6 Å². The number of rotatable bonds is 4. The van der Waals surface area contributed by atoms with Gasteiger partial charge >= 0.3 is 0 Å². The molecule has 1 unspecified atom stereocenters. The Balaban J connectivity index is 2.63. The second kappa shape index (κ2) is 4.73. The van der Waals surface area contributed by atoms with Crippen molar-refractivity contribution in [2.75, 3.05) is 18.5 Å². The van der Waals surface area contributed by atoms with E-state index in [1.807, 2.05) is 0 Å². The maximum atomic E-state index is 11.0. The van der Waals surface area contributed by atoms with Crippen LogP contribution < -0.4 is 10.9 Å². The molecule has 0 fully saturated rings. The molecule has 1 rings (SSSR count). The lowest BCUT2D eigenvalue weighted by Gasteiger charge is -2.09. The number of H-pyrrole nitrogens is 1. The Kier molecular flexibility index (Phi) is 3.61. The molecule has 14 heavy (non-hydrogen) atoms. The largest absolute Gasteiger partial charge is 0.394 e. The molecule has 0 amide bonds. The zero-order valence-electron chi connectivity index (χ0n) is 7.82. The fourth-order valence-corrected chi connectivity index (χ4v) is 0.957. The number of aliphatic hydroxyl groups is 2. The lowest BCUT2D eigenvalue weighted by molar-refractivity contribution is 0.105. The molecule has 78 valence electrons. The van der Waals surface area contributed by atoms with Gasteiger partial charge < -0.3 is 20.5 Å². The molecule has 1 aromatic rings. The van der Waals surface area contributed by atoms with Gasteiger partial charge in [-0.1, -0.05) is 0 Å². The minimum Gasteiger partial charge on any atom is -0.394 e. The molecule has 6 nitrogen and oxygen atoms in total. The minimum atomic E-state index is -0.851. The van der Waals surface area contributed by atoms with E-state index in [4.69, 9.17) is 10.2 Å². The SMILES string of the molecule is Cc1nc(NCC(O)CO)cc(=O)[nH]1. The second-order valence-corrected chi connectivity index (χ2v) is 2.93. The van der Waals surface area contributed by atoms with Crippen molar-refractivity contribution in [2.45, 2.75) is 13.0 Å². The van der Waals surface area contributed by atoms with Gasteiger partial charge in [0.2, 0.25) is 0 Å². The van der Waals surface area contributed by atoms with Crippen LogP contribution in [0.2, 0.25) is 0 Å². The van der Waals surface area contributed by atoms with E-state index >= 15 is 0 Å². The third-order valence-corrected chi connectivity index (χ3v) is 1.59. The third-order valence-electron chi connectivity index (χ3n) is 1.59. The lowest BCUT2D eigenvalue weighted by atomic mass is 10.4. The van der Waals surface area contributed by atoms with Crippen LogP contribution in [0.1, 0.15) is 5.82 Å². The van der Waals surface area contributed by atoms with E-state index in [0.717, 1.165) is 0 Å². The maximum absolute atomic E-state index is 11.0. The standard InChI is InChI=1S/C8H13N3O3/c1-5-10-7(2-8(14)11-5)9-3-6(13)4-12/h2,6,12-13H,3-4H2,1H3,(H2,9,10,11,14). The Morgan fingerprint density at radius 1 is 1.71 bits per heavy atom. The lowest BCUT2D eigenvalue weighted by Crippen LogP contribution is -2.24. The van der Waals surface area contributed by atoms with Crippen molar-refractivity contribution in [3.8, 4) is 0 Å². The van der Waals surface area contributed by atoms with E-state index in [1.54, 1.807) is 6.92 Å². The summed E-state index contributed by atoms with van der Waals surface area (Å²) in [6.45, 7) is 1.50. The summed E-state index contributed by atoms with van der Waals surface area (Å²) >= 11 is 0. The van der Waals surface area contributed by atoms with Crippen LogP contribution in [0.3, 0.4) is 0 Å². The van der Waals surface area contributed by atoms with Crippen LogP contribution >= 0.6 is 0 Å². The molecule has 0 saturated heterocycles. The average Bonchev–Trinajstić information content (AvgIpc) is 2.12. The first-order valence-corrected chi connectivity index (χ1v) is 4.22. The number of hydrogen-bond donors (Lipinski definition) is 4. The van der Waals surface area contributed by atoms with Crippen molar-refractivity contribution in [1.29, 1.82) is 0 Å². The van der Waals surface area contributed by atoms with Crippen molar-refractivity contribution < 1.29 is 10.2 Å². The normalized spacial score (nSPS) is 12.5. The molecule has 0 aliphatic rings. The molecule has 0 aliphatic carbocycles. The van der Waals surface area contributed by atoms with Crippen LogP contribution in [0.5, 0.6) is 0 Å². The van der Waals surface area contributed by atoms with E-state index in [9.17, 15) is 4.79 Å². The fourth-order valence-electron chi connectivity index (χ4n) is 0.957. The van der Waals surface area contributed by atoms with Gasteiger partial charge in [0, 0.05) is 12.6 Å². The molecule has 6 heteroatoms. The molecular weight excluding hydrogens is 186 g/mol. The summed E-state index contributed by atoms with van der Waals surface area (Å²) in [5.74, 6) is 0.886. The van der Waals surface area contributed by atoms with E-state index in [-0.39, 0.29) is 18.7 Å². The number of hydrogen-bond acceptors (Lipinski definition) is 5. The van der Waals surface area contributed by atoms with E-state index in [0.29, 0.717) is 11.6 Å². The molecule has 0 bridgehead atoms. The van der Waals surface area contributed by atoms with Gasteiger partial charge in [-0.2, -0.15) is 0 Å². The Morgan fingerprint density at radius 3 is 3.00 bits per heavy atom. The highest BCUT2D eigenvalue weighted by Crippen LogP contribution is 1.97. The number of aliphatic hydroxyl groups excluding tert-OH is 2. The topological polar surface area (TPSA) is 98.2 Å². The predicted molar refractivity (Wildman–Crippen MR) is 51.2 cm³/mol. The molecule has 1 heterocycles. The molecule has 1 aromatic heterocycles. The van der Waals surface area contributed by atoms with Crippen LogP contribution in [0.25, 0.3) is 0 Å². The van der Waals surface area contributed by atoms with Gasteiger partial charge in [-0.3, -0.25) is 4.79 Å². The number of aromatic nitrogens is 2. The van der Waals surface area contributed by atoms with Gasteiger partial charge in [0.15, 0.2) is 0 Å². The molecule has 0 aromatic carbocycles. The first-order chi connectivity index (χ1) is 6.61. The quantitative estimate of drug-likeness (QED) is 0.490. The molecule has 0 spiro atoms. The van der Waals surface area contributed by atoms with E-state index < -0.39 is 6.10 Å². The first kappa shape index (κ1) is 10.7. The average molecular weight is 199 g/mol. The van der Waals surface area contributed by atoms with Crippen LogP contribution in [0.15, 0.2) is 10.9 Å². The van der Waals surface area contributed by atoms with Gasteiger partial charge in [-0.15, -0.1) is 0 Å². The van der Waals surface area contributed by atoms with Gasteiger partial charge in [0.25, 0.3) is 5.56 Å². The van der Waals surface area contributed by atoms with Crippen molar-refractivity contribution in [1.82, 2.24) is 9.97 Å². The highest BCUT2D eigenvalue weighted by Gasteiger charge is 2.02. The third kappa shape index (κ3) is 3.15. The molecule has 0 aliphatic heterocycles. The van der Waals surface area contributed by atoms with Crippen molar-refractivity contribution in [2.24, 2.45) is 0 Å². The monoisotopic (exact) mass is 199 g/mol. The number of anilines is 1. The molecule has 0 saturated carbocycles. The van der Waals surface area contributed by atoms with Crippen molar-refractivity contribution >= 4 is 5.82 Å². The number of nitrogens with one attached hydrogen (secondary N) is 2. The molecule has 0 radical (unpaired) electrons. The zero-order valence-corrected chi connectivity index (χ0v) is 7.82. The Bertz CT molecular complexity index is 350. The van der Waals surface area contributed by atoms with Gasteiger partial charge in [-0.25, -0.2) is 4.98 Å². The highest BCUT2D eigenvalue weighted by molar-refractivity contribution is 5.32. The summed E-state index contributed by atoms with van der Waals surface area (Å²) in [6, 6.07) is 1.29. The number of aromatic amines is 1. The van der Waals surface area contributed by atoms with Crippen LogP contribution in [-0.4, -0.2) is 39.4 Å². The van der Waals surface area contributed by atoms with E-state index in [1.165, 1.54) is 6.07 Å². The van der Waals surface area contributed by atoms with Crippen LogP contribution in [0.4, 0.5) is 5.82 Å². The summed E-state index contributed by atoms with van der Waals surface area (Å²) in [4.78, 5) is 17.5. The Morgan fingerprint density at radius 2 is 2.43 bits per heavy atom. The van der Waals surface area contributed by atoms with Crippen molar-refractivity contribution in [3.63, 3.8) is 0 Å². The highest BCUT2D eigenvalue weighted by atomic mass is 16.3. The fraction of sp³-hybridized carbons (Fsp3) is 0.500. The van der Waals surface area contributed by atoms with Crippen LogP contribution in [-0.2, 0) is 0 Å².